The van der Waals surface area contributed by atoms with Crippen molar-refractivity contribution in [2.45, 2.75) is 32.7 Å². The lowest BCUT2D eigenvalue weighted by molar-refractivity contribution is 0.292. The van der Waals surface area contributed by atoms with E-state index >= 15 is 0 Å². The van der Waals surface area contributed by atoms with Crippen LogP contribution in [0.15, 0.2) is 0 Å². The van der Waals surface area contributed by atoms with E-state index in [1.807, 2.05) is 7.05 Å². The van der Waals surface area contributed by atoms with Crippen LogP contribution in [0.2, 0.25) is 0 Å². The summed E-state index contributed by atoms with van der Waals surface area (Å²) < 4.78 is 11.8. The van der Waals surface area contributed by atoms with Gasteiger partial charge in [-0.25, -0.2) is 0 Å². The summed E-state index contributed by atoms with van der Waals surface area (Å²) in [6.45, 7) is 9.03. The molecule has 0 aliphatic rings. The van der Waals surface area contributed by atoms with Crippen LogP contribution in [0.1, 0.15) is 27.2 Å². The minimum Gasteiger partial charge on any atom is -0.311 e. The van der Waals surface area contributed by atoms with Crippen molar-refractivity contribution in [2.75, 3.05) is 33.4 Å². The Bertz CT molecular complexity index is 121. The van der Waals surface area contributed by atoms with E-state index in [1.54, 1.807) is 0 Å². The fraction of sp³-hybridized carbons (Fsp3) is 1.00. The fourth-order valence-electron chi connectivity index (χ4n) is 1.06. The highest BCUT2D eigenvalue weighted by Gasteiger charge is 2.07. The van der Waals surface area contributed by atoms with Gasteiger partial charge in [0, 0.05) is 25.2 Å². The van der Waals surface area contributed by atoms with Crippen molar-refractivity contribution < 1.29 is 4.39 Å². The van der Waals surface area contributed by atoms with Gasteiger partial charge in [0.1, 0.15) is 0 Å². The Morgan fingerprint density at radius 1 is 1.23 bits per heavy atom. The van der Waals surface area contributed by atoms with Crippen molar-refractivity contribution >= 4 is 0 Å². The van der Waals surface area contributed by atoms with Crippen molar-refractivity contribution in [2.24, 2.45) is 0 Å². The van der Waals surface area contributed by atoms with Crippen LogP contribution in [-0.4, -0.2) is 43.8 Å². The van der Waals surface area contributed by atoms with E-state index in [-0.39, 0.29) is 12.2 Å². The predicted octanol–water partition coefficient (Wildman–Crippen LogP) is 1.67. The van der Waals surface area contributed by atoms with E-state index in [2.05, 4.69) is 31.0 Å². The molecule has 0 amide bonds. The zero-order valence-electron chi connectivity index (χ0n) is 9.36. The molecule has 0 saturated heterocycles. The normalized spacial score (nSPS) is 12.5. The third-order valence-corrected chi connectivity index (χ3v) is 1.82. The summed E-state index contributed by atoms with van der Waals surface area (Å²) in [5.74, 6) is 0. The van der Waals surface area contributed by atoms with Crippen molar-refractivity contribution in [1.29, 1.82) is 0 Å². The Morgan fingerprint density at radius 2 is 1.85 bits per heavy atom. The highest BCUT2D eigenvalue weighted by molar-refractivity contribution is 4.70. The Balaban J connectivity index is 3.31. The van der Waals surface area contributed by atoms with E-state index in [1.165, 1.54) is 0 Å². The molecule has 0 aromatic rings. The first-order valence-corrected chi connectivity index (χ1v) is 4.95. The molecule has 0 saturated carbocycles. The molecule has 1 N–H and O–H groups in total. The summed E-state index contributed by atoms with van der Waals surface area (Å²) >= 11 is 0. The molecule has 0 aromatic carbocycles. The maximum atomic E-state index is 11.8. The van der Waals surface area contributed by atoms with E-state index in [0.717, 1.165) is 19.6 Å². The maximum Gasteiger partial charge on any atom is 0.0906 e. The molecule has 0 rings (SSSR count). The third kappa shape index (κ3) is 9.77. The second-order valence-corrected chi connectivity index (χ2v) is 4.52. The molecule has 0 aliphatic carbocycles. The quantitative estimate of drug-likeness (QED) is 0.685. The molecule has 13 heavy (non-hydrogen) atoms. The Labute approximate surface area is 81.5 Å². The van der Waals surface area contributed by atoms with Crippen LogP contribution in [0.3, 0.4) is 0 Å². The molecule has 0 aromatic heterocycles. The van der Waals surface area contributed by atoms with Crippen molar-refractivity contribution in [1.82, 2.24) is 10.2 Å². The van der Waals surface area contributed by atoms with Gasteiger partial charge in [-0.2, -0.15) is 0 Å². The topological polar surface area (TPSA) is 15.3 Å². The van der Waals surface area contributed by atoms with Gasteiger partial charge in [-0.05, 0) is 34.2 Å². The Kier molecular flexibility index (Phi) is 6.25. The number of alkyl halides is 1. The van der Waals surface area contributed by atoms with Crippen molar-refractivity contribution in [3.8, 4) is 0 Å². The summed E-state index contributed by atoms with van der Waals surface area (Å²) in [5.41, 5.74) is 0.181. The van der Waals surface area contributed by atoms with Gasteiger partial charge >= 0.3 is 0 Å². The minimum atomic E-state index is -0.211. The molecule has 0 bridgehead atoms. The van der Waals surface area contributed by atoms with Gasteiger partial charge in [0.2, 0.25) is 0 Å². The second kappa shape index (κ2) is 6.33. The van der Waals surface area contributed by atoms with E-state index < -0.39 is 0 Å². The maximum absolute atomic E-state index is 11.8. The van der Waals surface area contributed by atoms with E-state index in [4.69, 9.17) is 0 Å². The van der Waals surface area contributed by atoms with Crippen LogP contribution in [0.5, 0.6) is 0 Å². The first kappa shape index (κ1) is 12.8. The van der Waals surface area contributed by atoms with Gasteiger partial charge in [0.25, 0.3) is 0 Å². The van der Waals surface area contributed by atoms with Crippen LogP contribution < -0.4 is 5.32 Å². The van der Waals surface area contributed by atoms with E-state index in [0.29, 0.717) is 6.42 Å². The Morgan fingerprint density at radius 3 is 2.31 bits per heavy atom. The molecule has 2 nitrogen and oxygen atoms in total. The third-order valence-electron chi connectivity index (χ3n) is 1.82. The highest BCUT2D eigenvalue weighted by atomic mass is 19.1. The lowest BCUT2D eigenvalue weighted by Crippen LogP contribution is -2.40. The monoisotopic (exact) mass is 190 g/mol. The molecule has 0 spiro atoms. The standard InChI is InChI=1S/C10H23FN2/c1-10(2,3)12-7-9-13(4)8-5-6-11/h12H,5-9H2,1-4H3. The molecule has 3 heteroatoms. The molecular formula is C10H23FN2. The van der Waals surface area contributed by atoms with Crippen LogP contribution in [0.4, 0.5) is 4.39 Å². The van der Waals surface area contributed by atoms with Gasteiger partial charge in [-0.1, -0.05) is 0 Å². The van der Waals surface area contributed by atoms with Crippen LogP contribution in [-0.2, 0) is 0 Å². The number of rotatable bonds is 6. The smallest absolute Gasteiger partial charge is 0.0906 e. The molecule has 0 aliphatic heterocycles. The van der Waals surface area contributed by atoms with Gasteiger partial charge in [-0.15, -0.1) is 0 Å². The van der Waals surface area contributed by atoms with Crippen molar-refractivity contribution in [3.63, 3.8) is 0 Å². The predicted molar refractivity (Wildman–Crippen MR) is 55.8 cm³/mol. The summed E-state index contributed by atoms with van der Waals surface area (Å²) in [6.07, 6.45) is 0.645. The molecule has 80 valence electrons. The zero-order chi connectivity index (χ0) is 10.3. The number of hydrogen-bond acceptors (Lipinski definition) is 2. The number of hydrogen-bond donors (Lipinski definition) is 1. The molecule has 0 atom stereocenters. The average Bonchev–Trinajstić information content (AvgIpc) is 1.98. The molecular weight excluding hydrogens is 167 g/mol. The largest absolute Gasteiger partial charge is 0.311 e. The number of halogens is 1. The summed E-state index contributed by atoms with van der Waals surface area (Å²) in [5, 5.41) is 3.39. The SMILES string of the molecule is CN(CCCF)CCNC(C)(C)C. The van der Waals surface area contributed by atoms with Gasteiger partial charge in [0.15, 0.2) is 0 Å². The lowest BCUT2D eigenvalue weighted by Gasteiger charge is -2.23. The summed E-state index contributed by atoms with van der Waals surface area (Å²) in [4.78, 5) is 2.15. The second-order valence-electron chi connectivity index (χ2n) is 4.52. The molecule has 0 unspecified atom stereocenters. The van der Waals surface area contributed by atoms with Crippen molar-refractivity contribution in [3.05, 3.63) is 0 Å². The first-order valence-electron chi connectivity index (χ1n) is 4.95. The van der Waals surface area contributed by atoms with Gasteiger partial charge in [-0.3, -0.25) is 4.39 Å². The molecule has 0 fully saturated rings. The van der Waals surface area contributed by atoms with Crippen LogP contribution in [0, 0.1) is 0 Å². The summed E-state index contributed by atoms with van der Waals surface area (Å²) in [7, 11) is 2.03. The van der Waals surface area contributed by atoms with Gasteiger partial charge in [0.05, 0.1) is 6.67 Å². The van der Waals surface area contributed by atoms with E-state index in [9.17, 15) is 4.39 Å². The van der Waals surface area contributed by atoms with Crippen LogP contribution in [0.25, 0.3) is 0 Å². The fourth-order valence-corrected chi connectivity index (χ4v) is 1.06. The Hall–Kier alpha value is -0.150. The number of nitrogens with one attached hydrogen (secondary N) is 1. The average molecular weight is 190 g/mol. The highest BCUT2D eigenvalue weighted by Crippen LogP contribution is 1.97. The summed E-state index contributed by atoms with van der Waals surface area (Å²) in [6, 6.07) is 0. The van der Waals surface area contributed by atoms with Gasteiger partial charge < -0.3 is 10.2 Å². The number of likely N-dealkylation sites (N-methyl/N-ethyl adjacent to an activating group) is 1. The molecule has 0 heterocycles. The first-order chi connectivity index (χ1) is 5.95. The zero-order valence-corrected chi connectivity index (χ0v) is 9.36. The van der Waals surface area contributed by atoms with Crippen LogP contribution >= 0.6 is 0 Å². The minimum absolute atomic E-state index is 0.181. The lowest BCUT2D eigenvalue weighted by atomic mass is 10.1. The molecule has 0 radical (unpaired) electrons. The number of nitrogens with zero attached hydrogens (tertiary/aromatic N) is 1.